The van der Waals surface area contributed by atoms with Crippen LogP contribution in [0.4, 0.5) is 0 Å². The first-order valence-electron chi connectivity index (χ1n) is 5.60. The summed E-state index contributed by atoms with van der Waals surface area (Å²) in [5, 5.41) is 11.1. The highest BCUT2D eigenvalue weighted by Crippen LogP contribution is 2.22. The first-order chi connectivity index (χ1) is 8.33. The Labute approximate surface area is 117 Å². The van der Waals surface area contributed by atoms with Gasteiger partial charge in [0.2, 0.25) is 0 Å². The molecule has 0 bridgehead atoms. The van der Waals surface area contributed by atoms with Gasteiger partial charge in [0.1, 0.15) is 16.4 Å². The summed E-state index contributed by atoms with van der Waals surface area (Å²) in [6, 6.07) is 0. The molecule has 18 heavy (non-hydrogen) atoms. The monoisotopic (exact) mass is 289 g/mol. The number of carbonyl (C=O) groups is 1. The van der Waals surface area contributed by atoms with E-state index in [1.54, 1.807) is 25.7 Å². The SMILES string of the molecule is CC(C)(C)OC([O-])=NCC(=S)N1CCS[C@H]1C=O. The zero-order chi connectivity index (χ0) is 13.8. The smallest absolute Gasteiger partial charge is 0.152 e. The summed E-state index contributed by atoms with van der Waals surface area (Å²) in [5.41, 5.74) is -0.559. The number of aldehydes is 1. The molecule has 0 aromatic rings. The normalized spacial score (nSPS) is 20.9. The number of aliphatic imine (C=N–C) groups is 1. The van der Waals surface area contributed by atoms with E-state index in [0.29, 0.717) is 4.99 Å². The van der Waals surface area contributed by atoms with Gasteiger partial charge in [0, 0.05) is 17.9 Å². The summed E-state index contributed by atoms with van der Waals surface area (Å²) < 4.78 is 5.05. The summed E-state index contributed by atoms with van der Waals surface area (Å²) >= 11 is 6.70. The van der Waals surface area contributed by atoms with Gasteiger partial charge in [0.15, 0.2) is 6.29 Å². The number of rotatable bonds is 3. The number of nitrogens with zero attached hydrogens (tertiary/aromatic N) is 2. The third kappa shape index (κ3) is 4.81. The van der Waals surface area contributed by atoms with Crippen molar-refractivity contribution in [3.63, 3.8) is 0 Å². The molecule has 0 aliphatic carbocycles. The van der Waals surface area contributed by atoms with Crippen molar-refractivity contribution in [1.29, 1.82) is 0 Å². The molecule has 0 aromatic heterocycles. The van der Waals surface area contributed by atoms with Gasteiger partial charge in [-0.25, -0.2) is 0 Å². The van der Waals surface area contributed by atoms with E-state index < -0.39 is 11.7 Å². The lowest BCUT2D eigenvalue weighted by Gasteiger charge is -2.29. The molecule has 0 amide bonds. The van der Waals surface area contributed by atoms with Crippen molar-refractivity contribution in [2.45, 2.75) is 31.7 Å². The molecule has 0 aromatic carbocycles. The van der Waals surface area contributed by atoms with Gasteiger partial charge in [-0.2, -0.15) is 0 Å². The second-order valence-electron chi connectivity index (χ2n) is 4.78. The summed E-state index contributed by atoms with van der Waals surface area (Å²) in [7, 11) is 0. The van der Waals surface area contributed by atoms with Gasteiger partial charge < -0.3 is 19.5 Å². The molecule has 7 heteroatoms. The van der Waals surface area contributed by atoms with E-state index in [1.165, 1.54) is 11.8 Å². The molecule has 0 N–H and O–H groups in total. The van der Waals surface area contributed by atoms with Crippen LogP contribution in [0.3, 0.4) is 0 Å². The van der Waals surface area contributed by atoms with Crippen LogP contribution in [0.1, 0.15) is 20.8 Å². The molecule has 0 radical (unpaired) electrons. The van der Waals surface area contributed by atoms with E-state index in [4.69, 9.17) is 17.0 Å². The van der Waals surface area contributed by atoms with Crippen molar-refractivity contribution in [2.75, 3.05) is 18.8 Å². The molecule has 0 saturated carbocycles. The fourth-order valence-corrected chi connectivity index (χ4v) is 2.76. The minimum Gasteiger partial charge on any atom is -0.595 e. The Morgan fingerprint density at radius 1 is 1.67 bits per heavy atom. The Kier molecular flexibility index (Phi) is 5.40. The summed E-state index contributed by atoms with van der Waals surface area (Å²) in [6.45, 7) is 6.14. The second-order valence-corrected chi connectivity index (χ2v) is 6.48. The van der Waals surface area contributed by atoms with Crippen LogP contribution in [0, 0.1) is 0 Å². The standard InChI is InChI=1S/C11H18N2O3S2/c1-11(2,3)16-10(15)12-6-8(17)13-4-5-18-9(13)7-14/h7,9H,4-6H2,1-3H3,(H,12,15)/p-1/t9-/m0/s1. The van der Waals surface area contributed by atoms with E-state index in [0.717, 1.165) is 18.6 Å². The molecule has 102 valence electrons. The molecule has 1 aliphatic rings. The fraction of sp³-hybridized carbons (Fsp3) is 0.727. The molecule has 1 saturated heterocycles. The van der Waals surface area contributed by atoms with Gasteiger partial charge in [-0.3, -0.25) is 4.99 Å². The molecule has 1 rings (SSSR count). The number of hydrogen-bond acceptors (Lipinski definition) is 6. The molecule has 0 unspecified atom stereocenters. The first-order valence-corrected chi connectivity index (χ1v) is 7.06. The van der Waals surface area contributed by atoms with Gasteiger partial charge in [-0.1, -0.05) is 33.0 Å². The zero-order valence-electron chi connectivity index (χ0n) is 10.7. The Balaban J connectivity index is 2.50. The maximum Gasteiger partial charge on any atom is 0.152 e. The number of thiocarbonyl (C=S) groups is 1. The first kappa shape index (κ1) is 15.2. The van der Waals surface area contributed by atoms with E-state index >= 15 is 0 Å². The van der Waals surface area contributed by atoms with Crippen LogP contribution in [-0.4, -0.2) is 52.1 Å². The van der Waals surface area contributed by atoms with Crippen molar-refractivity contribution in [2.24, 2.45) is 4.99 Å². The van der Waals surface area contributed by atoms with Gasteiger partial charge in [-0.15, -0.1) is 11.8 Å². The van der Waals surface area contributed by atoms with Gasteiger partial charge >= 0.3 is 0 Å². The van der Waals surface area contributed by atoms with E-state index in [9.17, 15) is 9.90 Å². The predicted molar refractivity (Wildman–Crippen MR) is 74.8 cm³/mol. The van der Waals surface area contributed by atoms with Gasteiger partial charge in [0.25, 0.3) is 0 Å². The molecule has 5 nitrogen and oxygen atoms in total. The highest BCUT2D eigenvalue weighted by molar-refractivity contribution is 8.00. The molecular weight excluding hydrogens is 272 g/mol. The number of carbonyl (C=O) groups excluding carboxylic acids is 1. The quantitative estimate of drug-likeness (QED) is 0.325. The minimum absolute atomic E-state index is 0.0924. The van der Waals surface area contributed by atoms with E-state index in [-0.39, 0.29) is 11.9 Å². The molecule has 0 spiro atoms. The maximum atomic E-state index is 11.4. The fourth-order valence-electron chi connectivity index (χ4n) is 1.39. The highest BCUT2D eigenvalue weighted by atomic mass is 32.2. The van der Waals surface area contributed by atoms with E-state index in [2.05, 4.69) is 4.99 Å². The molecule has 1 heterocycles. The van der Waals surface area contributed by atoms with Crippen LogP contribution in [-0.2, 0) is 9.53 Å². The maximum absolute atomic E-state index is 11.4. The minimum atomic E-state index is -0.626. The van der Waals surface area contributed by atoms with Crippen LogP contribution < -0.4 is 5.11 Å². The average Bonchev–Trinajstić information content (AvgIpc) is 2.71. The molecular formula is C11H17N2O3S2-. The van der Waals surface area contributed by atoms with Crippen molar-refractivity contribution < 1.29 is 14.6 Å². The van der Waals surface area contributed by atoms with Gasteiger partial charge in [0.05, 0.1) is 6.54 Å². The predicted octanol–water partition coefficient (Wildman–Crippen LogP) is 0.419. The topological polar surface area (TPSA) is 65.0 Å². The van der Waals surface area contributed by atoms with Crippen LogP contribution in [0.5, 0.6) is 0 Å². The molecule has 1 atom stereocenters. The van der Waals surface area contributed by atoms with Crippen molar-refractivity contribution in [1.82, 2.24) is 4.90 Å². The second kappa shape index (κ2) is 6.38. The van der Waals surface area contributed by atoms with Crippen LogP contribution >= 0.6 is 24.0 Å². The zero-order valence-corrected chi connectivity index (χ0v) is 12.3. The number of ether oxygens (including phenoxy) is 1. The third-order valence-electron chi connectivity index (χ3n) is 2.10. The average molecular weight is 289 g/mol. The van der Waals surface area contributed by atoms with Crippen LogP contribution in [0.15, 0.2) is 4.99 Å². The summed E-state index contributed by atoms with van der Waals surface area (Å²) in [5.74, 6) is 0.857. The highest BCUT2D eigenvalue weighted by Gasteiger charge is 2.26. The summed E-state index contributed by atoms with van der Waals surface area (Å²) in [6.07, 6.45) is 0.233. The molecule has 1 fully saturated rings. The number of hydrogen-bond donors (Lipinski definition) is 0. The van der Waals surface area contributed by atoms with Gasteiger partial charge in [-0.05, 0) is 0 Å². The lowest BCUT2D eigenvalue weighted by Crippen LogP contribution is -2.37. The lowest BCUT2D eigenvalue weighted by molar-refractivity contribution is -0.260. The van der Waals surface area contributed by atoms with E-state index in [1.807, 2.05) is 0 Å². The Hall–Kier alpha value is -0.820. The van der Waals surface area contributed by atoms with Crippen molar-refractivity contribution in [3.05, 3.63) is 0 Å². The Morgan fingerprint density at radius 2 is 2.33 bits per heavy atom. The van der Waals surface area contributed by atoms with Crippen LogP contribution in [0.2, 0.25) is 0 Å². The Morgan fingerprint density at radius 3 is 2.89 bits per heavy atom. The Bertz CT molecular complexity index is 353. The number of thioether (sulfide) groups is 1. The van der Waals surface area contributed by atoms with Crippen molar-refractivity contribution in [3.8, 4) is 0 Å². The summed E-state index contributed by atoms with van der Waals surface area (Å²) in [4.78, 5) is 16.9. The molecule has 1 aliphatic heterocycles. The lowest BCUT2D eigenvalue weighted by atomic mass is 10.2. The largest absolute Gasteiger partial charge is 0.595 e. The van der Waals surface area contributed by atoms with Crippen LogP contribution in [0.25, 0.3) is 0 Å². The third-order valence-corrected chi connectivity index (χ3v) is 3.59. The van der Waals surface area contributed by atoms with Crippen molar-refractivity contribution >= 4 is 41.3 Å².